The summed E-state index contributed by atoms with van der Waals surface area (Å²) in [5.74, 6) is 0.646. The van der Waals surface area contributed by atoms with Gasteiger partial charge in [0.15, 0.2) is 0 Å². The maximum Gasteiger partial charge on any atom is 0.232 e. The third-order valence-corrected chi connectivity index (χ3v) is 3.98. The minimum Gasteiger partial charge on any atom is -0.480 e. The molecule has 1 aliphatic rings. The number of amides is 1. The van der Waals surface area contributed by atoms with Crippen LogP contribution in [0, 0.1) is 5.92 Å². The molecule has 2 N–H and O–H groups in total. The SMILES string of the molecule is COc1nc(N2CC(C(N)=O)CCC2C)ncc1Br. The quantitative estimate of drug-likeness (QED) is 0.905. The lowest BCUT2D eigenvalue weighted by Gasteiger charge is -2.36. The Morgan fingerprint density at radius 1 is 1.58 bits per heavy atom. The number of nitrogens with two attached hydrogens (primary N) is 1. The molecule has 1 saturated heterocycles. The van der Waals surface area contributed by atoms with Crippen LogP contribution in [0.1, 0.15) is 19.8 Å². The van der Waals surface area contributed by atoms with Gasteiger partial charge in [-0.05, 0) is 35.7 Å². The Hall–Kier alpha value is -1.37. The number of carbonyl (C=O) groups excluding carboxylic acids is 1. The normalized spacial score (nSPS) is 23.2. The lowest BCUT2D eigenvalue weighted by Crippen LogP contribution is -2.46. The molecule has 0 spiro atoms. The molecule has 7 heteroatoms. The van der Waals surface area contributed by atoms with E-state index in [1.165, 1.54) is 0 Å². The summed E-state index contributed by atoms with van der Waals surface area (Å²) in [5, 5.41) is 0. The molecule has 1 aromatic heterocycles. The Kier molecular flexibility index (Phi) is 4.24. The fraction of sp³-hybridized carbons (Fsp3) is 0.583. The predicted octanol–water partition coefficient (Wildman–Crippen LogP) is 1.34. The Bertz CT molecular complexity index is 483. The number of piperidine rings is 1. The molecule has 1 aliphatic heterocycles. The zero-order valence-electron chi connectivity index (χ0n) is 11.0. The number of carbonyl (C=O) groups is 1. The van der Waals surface area contributed by atoms with Crippen LogP contribution in [0.15, 0.2) is 10.7 Å². The van der Waals surface area contributed by atoms with Crippen molar-refractivity contribution in [3.05, 3.63) is 10.7 Å². The number of rotatable bonds is 3. The average Bonchev–Trinajstić information content (AvgIpc) is 2.40. The van der Waals surface area contributed by atoms with E-state index < -0.39 is 0 Å². The molecule has 1 aromatic rings. The zero-order valence-corrected chi connectivity index (χ0v) is 12.6. The maximum absolute atomic E-state index is 11.3. The summed E-state index contributed by atoms with van der Waals surface area (Å²) in [5.41, 5.74) is 5.39. The number of hydrogen-bond donors (Lipinski definition) is 1. The van der Waals surface area contributed by atoms with E-state index >= 15 is 0 Å². The smallest absolute Gasteiger partial charge is 0.232 e. The molecule has 2 unspecified atom stereocenters. The molecule has 6 nitrogen and oxygen atoms in total. The number of hydrogen-bond acceptors (Lipinski definition) is 5. The Labute approximate surface area is 120 Å². The summed E-state index contributed by atoms with van der Waals surface area (Å²) in [6.07, 6.45) is 3.37. The van der Waals surface area contributed by atoms with Crippen molar-refractivity contribution in [3.8, 4) is 5.88 Å². The number of ether oxygens (including phenoxy) is 1. The third kappa shape index (κ3) is 2.97. The van der Waals surface area contributed by atoms with Gasteiger partial charge < -0.3 is 15.4 Å². The van der Waals surface area contributed by atoms with Gasteiger partial charge in [-0.25, -0.2) is 4.98 Å². The zero-order chi connectivity index (χ0) is 14.0. The molecular formula is C12H17BrN4O2. The number of nitrogens with zero attached hydrogens (tertiary/aromatic N) is 3. The minimum absolute atomic E-state index is 0.144. The van der Waals surface area contributed by atoms with Crippen LogP contribution < -0.4 is 15.4 Å². The van der Waals surface area contributed by atoms with Crippen LogP contribution in [0.4, 0.5) is 5.95 Å². The highest BCUT2D eigenvalue weighted by Crippen LogP contribution is 2.28. The molecule has 1 fully saturated rings. The molecule has 0 saturated carbocycles. The van der Waals surface area contributed by atoms with E-state index in [0.717, 1.165) is 12.8 Å². The number of aromatic nitrogens is 2. The van der Waals surface area contributed by atoms with E-state index in [-0.39, 0.29) is 17.9 Å². The summed E-state index contributed by atoms with van der Waals surface area (Å²) in [4.78, 5) is 22.0. The highest BCUT2D eigenvalue weighted by atomic mass is 79.9. The van der Waals surface area contributed by atoms with Crippen molar-refractivity contribution in [1.82, 2.24) is 9.97 Å². The van der Waals surface area contributed by atoms with Crippen molar-refractivity contribution in [2.24, 2.45) is 11.7 Å². The summed E-state index contributed by atoms with van der Waals surface area (Å²) in [7, 11) is 1.56. The number of methoxy groups -OCH3 is 1. The first-order valence-electron chi connectivity index (χ1n) is 6.15. The van der Waals surface area contributed by atoms with Gasteiger partial charge in [-0.1, -0.05) is 0 Å². The first kappa shape index (κ1) is 14.0. The lowest BCUT2D eigenvalue weighted by molar-refractivity contribution is -0.122. The van der Waals surface area contributed by atoms with Gasteiger partial charge in [0.05, 0.1) is 23.7 Å². The van der Waals surface area contributed by atoms with Crippen molar-refractivity contribution < 1.29 is 9.53 Å². The second-order valence-corrected chi connectivity index (χ2v) is 5.56. The summed E-state index contributed by atoms with van der Waals surface area (Å²) >= 11 is 3.32. The van der Waals surface area contributed by atoms with E-state index in [0.29, 0.717) is 22.8 Å². The van der Waals surface area contributed by atoms with Gasteiger partial charge in [0, 0.05) is 12.6 Å². The average molecular weight is 329 g/mol. The van der Waals surface area contributed by atoms with Crippen LogP contribution in [0.25, 0.3) is 0 Å². The maximum atomic E-state index is 11.3. The highest BCUT2D eigenvalue weighted by molar-refractivity contribution is 9.10. The molecule has 1 amide bonds. The van der Waals surface area contributed by atoms with Gasteiger partial charge >= 0.3 is 0 Å². The van der Waals surface area contributed by atoms with E-state index in [1.54, 1.807) is 13.3 Å². The minimum atomic E-state index is -0.263. The monoisotopic (exact) mass is 328 g/mol. The van der Waals surface area contributed by atoms with Crippen molar-refractivity contribution in [1.29, 1.82) is 0 Å². The van der Waals surface area contributed by atoms with Crippen molar-refractivity contribution >= 4 is 27.8 Å². The predicted molar refractivity (Wildman–Crippen MR) is 75.0 cm³/mol. The molecule has 2 rings (SSSR count). The Balaban J connectivity index is 2.25. The van der Waals surface area contributed by atoms with Gasteiger partial charge in [-0.15, -0.1) is 0 Å². The second-order valence-electron chi connectivity index (χ2n) is 4.71. The van der Waals surface area contributed by atoms with Crippen molar-refractivity contribution in [3.63, 3.8) is 0 Å². The summed E-state index contributed by atoms with van der Waals surface area (Å²) in [6, 6.07) is 0.279. The third-order valence-electron chi connectivity index (χ3n) is 3.43. The summed E-state index contributed by atoms with van der Waals surface area (Å²) < 4.78 is 5.87. The number of halogens is 1. The number of primary amides is 1. The van der Waals surface area contributed by atoms with Crippen LogP contribution in [-0.2, 0) is 4.79 Å². The topological polar surface area (TPSA) is 81.3 Å². The first-order valence-corrected chi connectivity index (χ1v) is 6.94. The van der Waals surface area contributed by atoms with Crippen LogP contribution in [0.3, 0.4) is 0 Å². The molecule has 104 valence electrons. The molecule has 2 atom stereocenters. The van der Waals surface area contributed by atoms with Gasteiger partial charge in [-0.3, -0.25) is 4.79 Å². The van der Waals surface area contributed by atoms with Crippen LogP contribution in [0.2, 0.25) is 0 Å². The van der Waals surface area contributed by atoms with Crippen LogP contribution >= 0.6 is 15.9 Å². The van der Waals surface area contributed by atoms with Gasteiger partial charge in [-0.2, -0.15) is 4.98 Å². The Morgan fingerprint density at radius 3 is 2.95 bits per heavy atom. The molecule has 0 aromatic carbocycles. The van der Waals surface area contributed by atoms with Crippen LogP contribution in [0.5, 0.6) is 5.88 Å². The van der Waals surface area contributed by atoms with Gasteiger partial charge in [0.2, 0.25) is 17.7 Å². The largest absolute Gasteiger partial charge is 0.480 e. The van der Waals surface area contributed by atoms with E-state index in [9.17, 15) is 4.79 Å². The Morgan fingerprint density at radius 2 is 2.32 bits per heavy atom. The summed E-state index contributed by atoms with van der Waals surface area (Å²) in [6.45, 7) is 2.65. The van der Waals surface area contributed by atoms with E-state index in [2.05, 4.69) is 32.8 Å². The first-order chi connectivity index (χ1) is 9.02. The number of anilines is 1. The van der Waals surface area contributed by atoms with Crippen LogP contribution in [-0.4, -0.2) is 35.6 Å². The van der Waals surface area contributed by atoms with E-state index in [4.69, 9.17) is 10.5 Å². The van der Waals surface area contributed by atoms with E-state index in [1.807, 2.05) is 4.90 Å². The van der Waals surface area contributed by atoms with Crippen molar-refractivity contribution in [2.75, 3.05) is 18.6 Å². The van der Waals surface area contributed by atoms with Gasteiger partial charge in [0.25, 0.3) is 0 Å². The van der Waals surface area contributed by atoms with Gasteiger partial charge in [0.1, 0.15) is 0 Å². The molecule has 0 aliphatic carbocycles. The molecule has 19 heavy (non-hydrogen) atoms. The second kappa shape index (κ2) is 5.73. The standard InChI is InChI=1S/C12H17BrN4O2/c1-7-3-4-8(10(14)18)6-17(7)12-15-5-9(13)11(16-12)19-2/h5,7-8H,3-4,6H2,1-2H3,(H2,14,18). The molecule has 2 heterocycles. The van der Waals surface area contributed by atoms with Crippen molar-refractivity contribution in [2.45, 2.75) is 25.8 Å². The fourth-order valence-corrected chi connectivity index (χ4v) is 2.60. The fourth-order valence-electron chi connectivity index (χ4n) is 2.24. The molecule has 0 bridgehead atoms. The molecular weight excluding hydrogens is 312 g/mol. The molecule has 0 radical (unpaired) electrons. The lowest BCUT2D eigenvalue weighted by atomic mass is 9.93. The highest BCUT2D eigenvalue weighted by Gasteiger charge is 2.30.